The van der Waals surface area contributed by atoms with Gasteiger partial charge in [-0.05, 0) is 13.3 Å². The zero-order valence-corrected chi connectivity index (χ0v) is 11.1. The van der Waals surface area contributed by atoms with Crippen LogP contribution >= 0.6 is 0 Å². The summed E-state index contributed by atoms with van der Waals surface area (Å²) < 4.78 is 5.31. The van der Waals surface area contributed by atoms with Crippen LogP contribution in [0.3, 0.4) is 0 Å². The van der Waals surface area contributed by atoms with Crippen LogP contribution < -0.4 is 0 Å². The summed E-state index contributed by atoms with van der Waals surface area (Å²) in [6.07, 6.45) is 0.940. The van der Waals surface area contributed by atoms with Crippen LogP contribution in [-0.4, -0.2) is 59.0 Å². The van der Waals surface area contributed by atoms with Gasteiger partial charge in [0.1, 0.15) is 5.10 Å². The molecule has 8 heteroatoms. The maximum Gasteiger partial charge on any atom is 0.281 e. The second-order valence-electron chi connectivity index (χ2n) is 5.00. The number of hydrogen-bond donors (Lipinski definition) is 0. The number of amides is 1. The van der Waals surface area contributed by atoms with E-state index in [0.717, 1.165) is 13.0 Å². The molecule has 2 aliphatic rings. The summed E-state index contributed by atoms with van der Waals surface area (Å²) in [6, 6.07) is 0.0307. The Morgan fingerprint density at radius 1 is 1.63 bits per heavy atom. The van der Waals surface area contributed by atoms with E-state index >= 15 is 0 Å². The van der Waals surface area contributed by atoms with E-state index in [4.69, 9.17) is 4.74 Å². The molecule has 1 amide bonds. The van der Waals surface area contributed by atoms with Gasteiger partial charge in [-0.15, -0.1) is 0 Å². The standard InChI is InChI=1S/C11H18N4O4/c1-8-5-14(9(2)16)11(12-15(17)18)13(8)6-10-3-4-19-7-10/h8,10H,3-7H2,1-2H3. The molecule has 8 nitrogen and oxygen atoms in total. The molecule has 2 fully saturated rings. The van der Waals surface area contributed by atoms with Crippen molar-refractivity contribution in [2.24, 2.45) is 11.0 Å². The molecule has 0 aromatic carbocycles. The molecule has 0 aromatic heterocycles. The molecule has 0 aromatic rings. The predicted octanol–water partition coefficient (Wildman–Crippen LogP) is 0.123. The molecule has 0 radical (unpaired) electrons. The van der Waals surface area contributed by atoms with Crippen molar-refractivity contribution in [3.8, 4) is 0 Å². The molecule has 2 saturated heterocycles. The van der Waals surface area contributed by atoms with Gasteiger partial charge in [0.05, 0.1) is 6.61 Å². The van der Waals surface area contributed by atoms with Crippen LogP contribution in [0.15, 0.2) is 5.10 Å². The highest BCUT2D eigenvalue weighted by Gasteiger charge is 2.38. The molecule has 0 N–H and O–H groups in total. The molecule has 2 aliphatic heterocycles. The number of hydrogen-bond acceptors (Lipinski definition) is 4. The van der Waals surface area contributed by atoms with Crippen LogP contribution in [0.2, 0.25) is 0 Å². The van der Waals surface area contributed by atoms with Gasteiger partial charge in [-0.25, -0.2) is 10.1 Å². The third-order valence-electron chi connectivity index (χ3n) is 3.51. The minimum atomic E-state index is -0.749. The lowest BCUT2D eigenvalue weighted by Gasteiger charge is -2.24. The molecule has 0 spiro atoms. The van der Waals surface area contributed by atoms with Crippen molar-refractivity contribution in [1.29, 1.82) is 0 Å². The van der Waals surface area contributed by atoms with Crippen LogP contribution in [0.5, 0.6) is 0 Å². The van der Waals surface area contributed by atoms with Crippen molar-refractivity contribution < 1.29 is 14.6 Å². The van der Waals surface area contributed by atoms with Crippen molar-refractivity contribution in [3.05, 3.63) is 10.1 Å². The first-order chi connectivity index (χ1) is 8.99. The van der Waals surface area contributed by atoms with Crippen molar-refractivity contribution in [3.63, 3.8) is 0 Å². The lowest BCUT2D eigenvalue weighted by atomic mass is 10.1. The van der Waals surface area contributed by atoms with E-state index in [1.807, 2.05) is 11.8 Å². The SMILES string of the molecule is CC(=O)N1CC(C)N(CC2CCOC2)C1=N[N+](=O)[O-]. The van der Waals surface area contributed by atoms with E-state index in [0.29, 0.717) is 25.6 Å². The van der Waals surface area contributed by atoms with Gasteiger partial charge in [-0.3, -0.25) is 9.69 Å². The molecule has 0 saturated carbocycles. The second kappa shape index (κ2) is 5.52. The molecule has 0 aliphatic carbocycles. The molecule has 19 heavy (non-hydrogen) atoms. The van der Waals surface area contributed by atoms with Crippen molar-refractivity contribution in [1.82, 2.24) is 9.80 Å². The summed E-state index contributed by atoms with van der Waals surface area (Å²) in [5, 5.41) is 13.3. The van der Waals surface area contributed by atoms with Gasteiger partial charge in [-0.1, -0.05) is 0 Å². The van der Waals surface area contributed by atoms with E-state index in [2.05, 4.69) is 5.10 Å². The lowest BCUT2D eigenvalue weighted by molar-refractivity contribution is -0.486. The molecule has 2 rings (SSSR count). The monoisotopic (exact) mass is 270 g/mol. The Morgan fingerprint density at radius 2 is 2.37 bits per heavy atom. The first-order valence-corrected chi connectivity index (χ1v) is 6.34. The minimum absolute atomic E-state index is 0.0307. The summed E-state index contributed by atoms with van der Waals surface area (Å²) in [6.45, 7) is 5.80. The van der Waals surface area contributed by atoms with Gasteiger partial charge in [0.15, 0.2) is 5.03 Å². The van der Waals surface area contributed by atoms with E-state index in [9.17, 15) is 14.9 Å². The summed E-state index contributed by atoms with van der Waals surface area (Å²) in [4.78, 5) is 25.4. The average Bonchev–Trinajstić information content (AvgIpc) is 2.91. The Bertz CT molecular complexity index is 405. The Labute approximate surface area is 111 Å². The molecule has 2 heterocycles. The molecule has 2 unspecified atom stereocenters. The third kappa shape index (κ3) is 3.01. The van der Waals surface area contributed by atoms with Gasteiger partial charge in [0.2, 0.25) is 5.91 Å². The van der Waals surface area contributed by atoms with Crippen LogP contribution in [-0.2, 0) is 9.53 Å². The number of hydrazone groups is 1. The van der Waals surface area contributed by atoms with Crippen LogP contribution in [0, 0.1) is 16.0 Å². The third-order valence-corrected chi connectivity index (χ3v) is 3.51. The Balaban J connectivity index is 2.18. The fraction of sp³-hybridized carbons (Fsp3) is 0.818. The molecule has 2 atom stereocenters. The minimum Gasteiger partial charge on any atom is -0.381 e. The molecule has 0 bridgehead atoms. The summed E-state index contributed by atoms with van der Waals surface area (Å²) in [5.41, 5.74) is 0. The largest absolute Gasteiger partial charge is 0.381 e. The van der Waals surface area contributed by atoms with Crippen LogP contribution in [0.25, 0.3) is 0 Å². The first kappa shape index (κ1) is 13.7. The van der Waals surface area contributed by atoms with Crippen molar-refractivity contribution in [2.75, 3.05) is 26.3 Å². The zero-order chi connectivity index (χ0) is 14.0. The number of carbonyl (C=O) groups is 1. The Hall–Kier alpha value is -1.70. The van der Waals surface area contributed by atoms with E-state index < -0.39 is 5.03 Å². The maximum atomic E-state index is 11.5. The lowest BCUT2D eigenvalue weighted by Crippen LogP contribution is -2.40. The number of nitro groups is 1. The average molecular weight is 270 g/mol. The Morgan fingerprint density at radius 3 is 2.89 bits per heavy atom. The van der Waals surface area contributed by atoms with E-state index in [1.165, 1.54) is 11.8 Å². The smallest absolute Gasteiger partial charge is 0.281 e. The van der Waals surface area contributed by atoms with Gasteiger partial charge in [0, 0.05) is 38.6 Å². The van der Waals surface area contributed by atoms with Crippen molar-refractivity contribution in [2.45, 2.75) is 26.3 Å². The normalized spacial score (nSPS) is 29.3. The van der Waals surface area contributed by atoms with E-state index in [1.54, 1.807) is 0 Å². The second-order valence-corrected chi connectivity index (χ2v) is 5.00. The fourth-order valence-electron chi connectivity index (χ4n) is 2.52. The Kier molecular flexibility index (Phi) is 3.98. The highest BCUT2D eigenvalue weighted by atomic mass is 16.7. The molecular weight excluding hydrogens is 252 g/mol. The zero-order valence-electron chi connectivity index (χ0n) is 11.1. The van der Waals surface area contributed by atoms with Crippen molar-refractivity contribution >= 4 is 11.9 Å². The number of ether oxygens (including phenoxy) is 1. The highest BCUT2D eigenvalue weighted by molar-refractivity contribution is 5.97. The molecule has 106 valence electrons. The summed E-state index contributed by atoms with van der Waals surface area (Å²) >= 11 is 0. The maximum absolute atomic E-state index is 11.5. The van der Waals surface area contributed by atoms with Crippen LogP contribution in [0.1, 0.15) is 20.3 Å². The number of rotatable bonds is 3. The summed E-state index contributed by atoms with van der Waals surface area (Å²) in [7, 11) is 0. The number of guanidine groups is 1. The quantitative estimate of drug-likeness (QED) is 0.537. The van der Waals surface area contributed by atoms with E-state index in [-0.39, 0.29) is 17.9 Å². The number of nitrogens with zero attached hydrogens (tertiary/aromatic N) is 4. The number of carbonyl (C=O) groups excluding carboxylic acids is 1. The van der Waals surface area contributed by atoms with Crippen LogP contribution in [0.4, 0.5) is 0 Å². The topological polar surface area (TPSA) is 88.3 Å². The first-order valence-electron chi connectivity index (χ1n) is 6.34. The summed E-state index contributed by atoms with van der Waals surface area (Å²) in [5.74, 6) is 0.265. The predicted molar refractivity (Wildman–Crippen MR) is 66.9 cm³/mol. The van der Waals surface area contributed by atoms with Gasteiger partial charge < -0.3 is 9.64 Å². The fourth-order valence-corrected chi connectivity index (χ4v) is 2.52. The highest BCUT2D eigenvalue weighted by Crippen LogP contribution is 2.21. The molecular formula is C11H18N4O4. The van der Waals surface area contributed by atoms with Gasteiger partial charge in [-0.2, -0.15) is 0 Å². The van der Waals surface area contributed by atoms with Gasteiger partial charge in [0.25, 0.3) is 5.96 Å². The van der Waals surface area contributed by atoms with Gasteiger partial charge >= 0.3 is 0 Å².